The van der Waals surface area contributed by atoms with Gasteiger partial charge in [-0.1, -0.05) is 66.0 Å². The van der Waals surface area contributed by atoms with Crippen molar-refractivity contribution in [1.82, 2.24) is 0 Å². The van der Waals surface area contributed by atoms with Gasteiger partial charge in [-0.25, -0.2) is 9.59 Å². The molecule has 0 saturated carbocycles. The van der Waals surface area contributed by atoms with Crippen LogP contribution >= 0.6 is 0 Å². The van der Waals surface area contributed by atoms with Crippen molar-refractivity contribution in [2.45, 2.75) is 59.3 Å². The van der Waals surface area contributed by atoms with E-state index in [2.05, 4.69) is 20.1 Å². The molecule has 0 radical (unpaired) electrons. The maximum absolute atomic E-state index is 11.0. The zero-order chi connectivity index (χ0) is 20.4. The molecule has 0 heterocycles. The van der Waals surface area contributed by atoms with Gasteiger partial charge in [0.1, 0.15) is 23.3 Å². The van der Waals surface area contributed by atoms with Crippen molar-refractivity contribution < 1.29 is 19.1 Å². The lowest BCUT2D eigenvalue weighted by Gasteiger charge is -2.04. The van der Waals surface area contributed by atoms with Crippen LogP contribution in [0.1, 0.15) is 59.3 Å². The van der Waals surface area contributed by atoms with E-state index in [-0.39, 0.29) is 17.1 Å². The van der Waals surface area contributed by atoms with E-state index in [0.717, 1.165) is 12.8 Å². The van der Waals surface area contributed by atoms with E-state index < -0.39 is 11.9 Å². The minimum Gasteiger partial charge on any atom is -0.462 e. The molecule has 0 fully saturated rings. The Kier molecular flexibility index (Phi) is 17.0. The van der Waals surface area contributed by atoms with Gasteiger partial charge in [-0.3, -0.25) is 0 Å². The van der Waals surface area contributed by atoms with Crippen LogP contribution < -0.4 is 0 Å². The Morgan fingerprint density at radius 1 is 0.885 bits per heavy atom. The second-order valence-corrected chi connectivity index (χ2v) is 6.08. The Bertz CT molecular complexity index is 539. The van der Waals surface area contributed by atoms with Crippen LogP contribution in [-0.2, 0) is 19.1 Å². The van der Waals surface area contributed by atoms with Crippen LogP contribution in [0.3, 0.4) is 0 Å². The second-order valence-electron chi connectivity index (χ2n) is 6.08. The van der Waals surface area contributed by atoms with Crippen LogP contribution in [-0.4, -0.2) is 25.2 Å². The van der Waals surface area contributed by atoms with Crippen LogP contribution in [0.5, 0.6) is 0 Å². The van der Waals surface area contributed by atoms with Crippen molar-refractivity contribution in [2.24, 2.45) is 5.92 Å². The third kappa shape index (κ3) is 16.3. The highest BCUT2D eigenvalue weighted by molar-refractivity contribution is 5.92. The topological polar surface area (TPSA) is 100 Å². The molecule has 144 valence electrons. The largest absolute Gasteiger partial charge is 0.462 e. The van der Waals surface area contributed by atoms with Crippen molar-refractivity contribution in [3.63, 3.8) is 0 Å². The molecule has 0 aliphatic heterocycles. The molecule has 0 unspecified atom stereocenters. The van der Waals surface area contributed by atoms with Gasteiger partial charge in [0.2, 0.25) is 0 Å². The minimum absolute atomic E-state index is 0.124. The SMILES string of the molecule is C=C(C#N)C(=O)OCC(C)C.C=C(C#N)C(=O)OCCCCCCCC. The highest BCUT2D eigenvalue weighted by Crippen LogP contribution is 2.05. The van der Waals surface area contributed by atoms with Crippen molar-refractivity contribution >= 4 is 11.9 Å². The van der Waals surface area contributed by atoms with Gasteiger partial charge in [0.05, 0.1) is 13.2 Å². The van der Waals surface area contributed by atoms with E-state index in [0.29, 0.717) is 13.2 Å². The van der Waals surface area contributed by atoms with Gasteiger partial charge in [0.15, 0.2) is 0 Å². The molecule has 26 heavy (non-hydrogen) atoms. The lowest BCUT2D eigenvalue weighted by Crippen LogP contribution is -2.10. The number of hydrogen-bond donors (Lipinski definition) is 0. The molecule has 0 rings (SSSR count). The van der Waals surface area contributed by atoms with Gasteiger partial charge < -0.3 is 9.47 Å². The summed E-state index contributed by atoms with van der Waals surface area (Å²) in [5.74, 6) is -0.933. The molecule has 0 aliphatic rings. The van der Waals surface area contributed by atoms with Gasteiger partial charge in [-0.2, -0.15) is 10.5 Å². The molecule has 0 spiro atoms. The molecule has 0 amide bonds. The lowest BCUT2D eigenvalue weighted by atomic mass is 10.1. The van der Waals surface area contributed by atoms with Crippen molar-refractivity contribution in [3.05, 3.63) is 24.3 Å². The Hall–Kier alpha value is -2.60. The number of esters is 2. The first kappa shape index (κ1) is 25.6. The molecule has 0 saturated heterocycles. The van der Waals surface area contributed by atoms with E-state index in [1.165, 1.54) is 25.7 Å². The van der Waals surface area contributed by atoms with Gasteiger partial charge in [0.25, 0.3) is 0 Å². The zero-order valence-electron chi connectivity index (χ0n) is 16.2. The highest BCUT2D eigenvalue weighted by atomic mass is 16.5. The summed E-state index contributed by atoms with van der Waals surface area (Å²) in [6.45, 7) is 13.2. The predicted octanol–water partition coefficient (Wildman–Crippen LogP) is 4.24. The molecule has 0 aromatic heterocycles. The second kappa shape index (κ2) is 17.2. The summed E-state index contributed by atoms with van der Waals surface area (Å²) in [5.41, 5.74) is -0.272. The number of carbonyl (C=O) groups excluding carboxylic acids is 2. The smallest absolute Gasteiger partial charge is 0.348 e. The fourth-order valence-electron chi connectivity index (χ4n) is 1.56. The number of nitrogens with zero attached hydrogens (tertiary/aromatic N) is 2. The summed E-state index contributed by atoms with van der Waals surface area (Å²) in [4.78, 5) is 21.7. The number of rotatable bonds is 11. The number of nitriles is 2. The monoisotopic (exact) mass is 362 g/mol. The molecule has 6 nitrogen and oxygen atoms in total. The normalized spacial score (nSPS) is 9.15. The van der Waals surface area contributed by atoms with E-state index in [1.807, 2.05) is 13.8 Å². The van der Waals surface area contributed by atoms with E-state index in [9.17, 15) is 9.59 Å². The molecule has 0 N–H and O–H groups in total. The van der Waals surface area contributed by atoms with Crippen molar-refractivity contribution in [2.75, 3.05) is 13.2 Å². The first-order valence-electron chi connectivity index (χ1n) is 8.82. The van der Waals surface area contributed by atoms with Crippen LogP contribution in [0, 0.1) is 28.6 Å². The molecule has 6 heteroatoms. The molecular formula is C20H30N2O4. The molecule has 0 aromatic rings. The third-order valence-electron chi connectivity index (χ3n) is 3.04. The molecule has 0 aromatic carbocycles. The van der Waals surface area contributed by atoms with E-state index in [1.54, 1.807) is 12.1 Å². The van der Waals surface area contributed by atoms with Crippen molar-refractivity contribution in [1.29, 1.82) is 10.5 Å². The third-order valence-corrected chi connectivity index (χ3v) is 3.04. The molecule has 0 bridgehead atoms. The summed E-state index contributed by atoms with van der Waals surface area (Å²) in [7, 11) is 0. The lowest BCUT2D eigenvalue weighted by molar-refractivity contribution is -0.140. The van der Waals surface area contributed by atoms with Gasteiger partial charge in [0, 0.05) is 0 Å². The van der Waals surface area contributed by atoms with Crippen molar-refractivity contribution in [3.8, 4) is 12.1 Å². The van der Waals surface area contributed by atoms with Crippen LogP contribution in [0.25, 0.3) is 0 Å². The Morgan fingerprint density at radius 3 is 1.81 bits per heavy atom. The number of hydrogen-bond acceptors (Lipinski definition) is 6. The predicted molar refractivity (Wildman–Crippen MR) is 99.6 cm³/mol. The fraction of sp³-hybridized carbons (Fsp3) is 0.600. The highest BCUT2D eigenvalue weighted by Gasteiger charge is 2.07. The van der Waals surface area contributed by atoms with Gasteiger partial charge in [-0.15, -0.1) is 0 Å². The Morgan fingerprint density at radius 2 is 1.35 bits per heavy atom. The standard InChI is InChI=1S/C12H19NO2.C8H11NO2/c1-3-4-5-6-7-8-9-15-12(14)11(2)10-13;1-6(2)5-11-8(10)7(3)4-9/h2-9H2,1H3;6H,3,5H2,1-2H3. The molecular weight excluding hydrogens is 332 g/mol. The first-order chi connectivity index (χ1) is 12.3. The average Bonchev–Trinajstić information content (AvgIpc) is 2.64. The summed E-state index contributed by atoms with van der Waals surface area (Å²) < 4.78 is 9.54. The zero-order valence-corrected chi connectivity index (χ0v) is 16.2. The summed E-state index contributed by atoms with van der Waals surface area (Å²) >= 11 is 0. The maximum Gasteiger partial charge on any atom is 0.348 e. The van der Waals surface area contributed by atoms with Crippen LogP contribution in [0.2, 0.25) is 0 Å². The average molecular weight is 362 g/mol. The van der Waals surface area contributed by atoms with E-state index >= 15 is 0 Å². The quantitative estimate of drug-likeness (QED) is 0.236. The van der Waals surface area contributed by atoms with Gasteiger partial charge >= 0.3 is 11.9 Å². The Labute approximate surface area is 157 Å². The fourth-order valence-corrected chi connectivity index (χ4v) is 1.56. The Balaban J connectivity index is 0. The summed E-state index contributed by atoms with van der Waals surface area (Å²) in [6, 6.07) is 3.28. The maximum atomic E-state index is 11.0. The first-order valence-corrected chi connectivity index (χ1v) is 8.82. The van der Waals surface area contributed by atoms with Crippen LogP contribution in [0.15, 0.2) is 24.3 Å². The van der Waals surface area contributed by atoms with Crippen LogP contribution in [0.4, 0.5) is 0 Å². The number of unbranched alkanes of at least 4 members (excludes halogenated alkanes) is 5. The summed E-state index contributed by atoms with van der Waals surface area (Å²) in [6.07, 6.45) is 6.88. The summed E-state index contributed by atoms with van der Waals surface area (Å²) in [5, 5.41) is 16.6. The van der Waals surface area contributed by atoms with E-state index in [4.69, 9.17) is 20.0 Å². The minimum atomic E-state index is -0.624. The molecule has 0 atom stereocenters. The van der Waals surface area contributed by atoms with Gasteiger partial charge in [-0.05, 0) is 12.3 Å². The molecule has 0 aliphatic carbocycles. The number of ether oxygens (including phenoxy) is 2. The number of carbonyl (C=O) groups is 2.